The lowest BCUT2D eigenvalue weighted by molar-refractivity contribution is 0.0976. The first kappa shape index (κ1) is 10.3. The van der Waals surface area contributed by atoms with Crippen LogP contribution in [0, 0.1) is 0 Å². The van der Waals surface area contributed by atoms with Gasteiger partial charge in [0.1, 0.15) is 5.60 Å². The number of ether oxygens (including phenoxy) is 1. The predicted molar refractivity (Wildman–Crippen MR) is 52.0 cm³/mol. The Kier molecular flexibility index (Phi) is 3.09. The van der Waals surface area contributed by atoms with E-state index in [1.807, 2.05) is 13.8 Å². The molecule has 0 saturated heterocycles. The van der Waals surface area contributed by atoms with Crippen LogP contribution in [-0.2, 0) is 0 Å². The molecule has 0 aliphatic carbocycles. The summed E-state index contributed by atoms with van der Waals surface area (Å²) in [5.41, 5.74) is -0.206. The third-order valence-electron chi connectivity index (χ3n) is 1.84. The van der Waals surface area contributed by atoms with Crippen molar-refractivity contribution in [2.45, 2.75) is 32.8 Å². The van der Waals surface area contributed by atoms with Crippen LogP contribution in [0.2, 0.25) is 5.15 Å². The number of rotatable bonds is 3. The summed E-state index contributed by atoms with van der Waals surface area (Å²) in [5.74, 6) is 0.510. The van der Waals surface area contributed by atoms with Gasteiger partial charge in [-0.15, -0.1) is 10.2 Å². The lowest BCUT2D eigenvalue weighted by atomic mass is 10.1. The Balaban J connectivity index is 2.69. The SMILES string of the molecule is CCC(C)(C)Oc1ccc(Cl)nn1. The van der Waals surface area contributed by atoms with Gasteiger partial charge >= 0.3 is 0 Å². The lowest BCUT2D eigenvalue weighted by Crippen LogP contribution is -2.27. The van der Waals surface area contributed by atoms with E-state index in [-0.39, 0.29) is 5.60 Å². The summed E-state index contributed by atoms with van der Waals surface area (Å²) in [4.78, 5) is 0. The van der Waals surface area contributed by atoms with Gasteiger partial charge in [0.05, 0.1) is 0 Å². The van der Waals surface area contributed by atoms with E-state index in [9.17, 15) is 0 Å². The normalized spacial score (nSPS) is 11.4. The molecule has 1 rings (SSSR count). The van der Waals surface area contributed by atoms with E-state index in [4.69, 9.17) is 16.3 Å². The molecule has 0 atom stereocenters. The topological polar surface area (TPSA) is 35.0 Å². The van der Waals surface area contributed by atoms with E-state index < -0.39 is 0 Å². The van der Waals surface area contributed by atoms with E-state index in [0.717, 1.165) is 6.42 Å². The van der Waals surface area contributed by atoms with Crippen LogP contribution in [0.3, 0.4) is 0 Å². The van der Waals surface area contributed by atoms with Crippen molar-refractivity contribution in [1.29, 1.82) is 0 Å². The molecule has 72 valence electrons. The van der Waals surface area contributed by atoms with E-state index in [1.54, 1.807) is 12.1 Å². The maximum atomic E-state index is 5.59. The summed E-state index contributed by atoms with van der Waals surface area (Å²) >= 11 is 5.59. The fraction of sp³-hybridized carbons (Fsp3) is 0.556. The van der Waals surface area contributed by atoms with Crippen molar-refractivity contribution in [3.8, 4) is 5.88 Å². The molecule has 0 spiro atoms. The van der Waals surface area contributed by atoms with Gasteiger partial charge in [-0.3, -0.25) is 0 Å². The Morgan fingerprint density at radius 2 is 2.08 bits per heavy atom. The molecule has 1 aromatic heterocycles. The Morgan fingerprint density at radius 3 is 2.54 bits per heavy atom. The van der Waals surface area contributed by atoms with Gasteiger partial charge in [-0.25, -0.2) is 0 Å². The van der Waals surface area contributed by atoms with Crippen molar-refractivity contribution in [3.63, 3.8) is 0 Å². The third-order valence-corrected chi connectivity index (χ3v) is 2.04. The molecule has 0 aliphatic rings. The van der Waals surface area contributed by atoms with Crippen molar-refractivity contribution in [3.05, 3.63) is 17.3 Å². The maximum Gasteiger partial charge on any atom is 0.234 e. The fourth-order valence-electron chi connectivity index (χ4n) is 0.713. The van der Waals surface area contributed by atoms with Crippen LogP contribution in [0.25, 0.3) is 0 Å². The quantitative estimate of drug-likeness (QED) is 0.753. The lowest BCUT2D eigenvalue weighted by Gasteiger charge is -2.23. The van der Waals surface area contributed by atoms with Gasteiger partial charge in [-0.2, -0.15) is 0 Å². The minimum Gasteiger partial charge on any atom is -0.471 e. The molecule has 0 radical (unpaired) electrons. The minimum atomic E-state index is -0.206. The van der Waals surface area contributed by atoms with Crippen LogP contribution in [0.15, 0.2) is 12.1 Å². The van der Waals surface area contributed by atoms with Gasteiger partial charge in [0, 0.05) is 6.07 Å². The molecule has 0 fully saturated rings. The van der Waals surface area contributed by atoms with E-state index in [0.29, 0.717) is 11.0 Å². The van der Waals surface area contributed by atoms with Gasteiger partial charge in [0.2, 0.25) is 5.88 Å². The van der Waals surface area contributed by atoms with Crippen LogP contribution in [0.4, 0.5) is 0 Å². The van der Waals surface area contributed by atoms with Crippen LogP contribution in [0.5, 0.6) is 5.88 Å². The molecular weight excluding hydrogens is 188 g/mol. The number of aromatic nitrogens is 2. The number of hydrogen-bond acceptors (Lipinski definition) is 3. The smallest absolute Gasteiger partial charge is 0.234 e. The largest absolute Gasteiger partial charge is 0.471 e. The second-order valence-corrected chi connectivity index (χ2v) is 3.80. The molecule has 1 aromatic rings. The van der Waals surface area contributed by atoms with E-state index in [1.165, 1.54) is 0 Å². The first-order chi connectivity index (χ1) is 6.03. The van der Waals surface area contributed by atoms with Gasteiger partial charge in [-0.05, 0) is 26.3 Å². The van der Waals surface area contributed by atoms with Crippen molar-refractivity contribution >= 4 is 11.6 Å². The van der Waals surface area contributed by atoms with Crippen molar-refractivity contribution in [1.82, 2.24) is 10.2 Å². The molecule has 0 bridgehead atoms. The van der Waals surface area contributed by atoms with Crippen LogP contribution < -0.4 is 4.74 Å². The molecule has 0 amide bonds. The first-order valence-electron chi connectivity index (χ1n) is 4.22. The summed E-state index contributed by atoms with van der Waals surface area (Å²) < 4.78 is 5.57. The molecule has 3 nitrogen and oxygen atoms in total. The molecule has 0 aromatic carbocycles. The second kappa shape index (κ2) is 3.92. The average molecular weight is 201 g/mol. The zero-order valence-corrected chi connectivity index (χ0v) is 8.80. The van der Waals surface area contributed by atoms with E-state index in [2.05, 4.69) is 17.1 Å². The third kappa shape index (κ3) is 3.19. The summed E-state index contributed by atoms with van der Waals surface area (Å²) in [7, 11) is 0. The highest BCUT2D eigenvalue weighted by Gasteiger charge is 2.17. The standard InChI is InChI=1S/C9H13ClN2O/c1-4-9(2,3)13-8-6-5-7(10)11-12-8/h5-6H,4H2,1-3H3. The predicted octanol–water partition coefficient (Wildman–Crippen LogP) is 2.70. The molecular formula is C9H13ClN2O. The monoisotopic (exact) mass is 200 g/mol. The average Bonchev–Trinajstić information content (AvgIpc) is 2.09. The molecule has 0 unspecified atom stereocenters. The van der Waals surface area contributed by atoms with Crippen molar-refractivity contribution in [2.24, 2.45) is 0 Å². The van der Waals surface area contributed by atoms with Crippen molar-refractivity contribution in [2.75, 3.05) is 0 Å². The molecule has 13 heavy (non-hydrogen) atoms. The summed E-state index contributed by atoms with van der Waals surface area (Å²) in [6.45, 7) is 6.07. The van der Waals surface area contributed by atoms with Gasteiger partial charge in [0.15, 0.2) is 5.15 Å². The molecule has 0 saturated carbocycles. The van der Waals surface area contributed by atoms with Gasteiger partial charge < -0.3 is 4.74 Å². The summed E-state index contributed by atoms with van der Waals surface area (Å²) in [6.07, 6.45) is 0.914. The number of nitrogens with zero attached hydrogens (tertiary/aromatic N) is 2. The van der Waals surface area contributed by atoms with Crippen LogP contribution in [0.1, 0.15) is 27.2 Å². The van der Waals surface area contributed by atoms with Crippen LogP contribution in [-0.4, -0.2) is 15.8 Å². The van der Waals surface area contributed by atoms with Crippen LogP contribution >= 0.6 is 11.6 Å². The summed E-state index contributed by atoms with van der Waals surface area (Å²) in [6, 6.07) is 3.38. The Morgan fingerprint density at radius 1 is 1.38 bits per heavy atom. The van der Waals surface area contributed by atoms with E-state index >= 15 is 0 Å². The maximum absolute atomic E-state index is 5.59. The van der Waals surface area contributed by atoms with Gasteiger partial charge in [0.25, 0.3) is 0 Å². The fourth-order valence-corrected chi connectivity index (χ4v) is 0.814. The minimum absolute atomic E-state index is 0.206. The van der Waals surface area contributed by atoms with Crippen molar-refractivity contribution < 1.29 is 4.74 Å². The highest BCUT2D eigenvalue weighted by molar-refractivity contribution is 6.29. The Labute approximate surface area is 83.1 Å². The first-order valence-corrected chi connectivity index (χ1v) is 4.59. The zero-order valence-electron chi connectivity index (χ0n) is 8.04. The number of halogens is 1. The second-order valence-electron chi connectivity index (χ2n) is 3.41. The Bertz CT molecular complexity index is 271. The highest BCUT2D eigenvalue weighted by atomic mass is 35.5. The number of hydrogen-bond donors (Lipinski definition) is 0. The molecule has 1 heterocycles. The molecule has 0 aliphatic heterocycles. The summed E-state index contributed by atoms with van der Waals surface area (Å²) in [5, 5.41) is 7.87. The Hall–Kier alpha value is -0.830. The molecule has 0 N–H and O–H groups in total. The highest BCUT2D eigenvalue weighted by Crippen LogP contribution is 2.18. The van der Waals surface area contributed by atoms with Gasteiger partial charge in [-0.1, -0.05) is 18.5 Å². The zero-order chi connectivity index (χ0) is 9.90. The molecule has 4 heteroatoms.